The van der Waals surface area contributed by atoms with Crippen molar-refractivity contribution in [3.05, 3.63) is 41.5 Å². The average Bonchev–Trinajstić information content (AvgIpc) is 2.46. The summed E-state index contributed by atoms with van der Waals surface area (Å²) in [6, 6.07) is 7.35. The first kappa shape index (κ1) is 14.9. The number of anilines is 1. The molecule has 0 unspecified atom stereocenters. The van der Waals surface area contributed by atoms with Gasteiger partial charge in [0.2, 0.25) is 0 Å². The number of benzene rings is 1. The van der Waals surface area contributed by atoms with Crippen LogP contribution in [0.3, 0.4) is 0 Å². The highest BCUT2D eigenvalue weighted by Gasteiger charge is 2.34. The van der Waals surface area contributed by atoms with Crippen LogP contribution in [0.1, 0.15) is 31.4 Å². The van der Waals surface area contributed by atoms with Gasteiger partial charge in [-0.05, 0) is 30.5 Å². The molecule has 1 heterocycles. The van der Waals surface area contributed by atoms with Crippen molar-refractivity contribution in [1.29, 1.82) is 0 Å². The minimum absolute atomic E-state index is 0.0167. The molecule has 20 heavy (non-hydrogen) atoms. The maximum absolute atomic E-state index is 12.5. The van der Waals surface area contributed by atoms with Crippen LogP contribution in [-0.2, 0) is 0 Å². The summed E-state index contributed by atoms with van der Waals surface area (Å²) in [6.07, 6.45) is -2.79. The number of halogens is 3. The Bertz CT molecular complexity index is 479. The third-order valence-electron chi connectivity index (χ3n) is 3.60. The average molecular weight is 285 g/mol. The Labute approximate surface area is 116 Å². The van der Waals surface area contributed by atoms with E-state index in [1.807, 2.05) is 36.1 Å². The molecule has 0 bridgehead atoms. The molecule has 0 radical (unpaired) electrons. The first-order valence-corrected chi connectivity index (χ1v) is 6.71. The molecule has 0 amide bonds. The van der Waals surface area contributed by atoms with E-state index in [-0.39, 0.29) is 13.0 Å². The van der Waals surface area contributed by atoms with Gasteiger partial charge in [0.15, 0.2) is 0 Å². The lowest BCUT2D eigenvalue weighted by Crippen LogP contribution is -2.31. The quantitative estimate of drug-likeness (QED) is 0.853. The minimum atomic E-state index is -4.21. The molecule has 110 valence electrons. The van der Waals surface area contributed by atoms with Crippen molar-refractivity contribution in [1.82, 2.24) is 0 Å². The molecule has 1 N–H and O–H groups in total. The maximum Gasteiger partial charge on any atom is 0.412 e. The Morgan fingerprint density at radius 3 is 2.35 bits per heavy atom. The third-order valence-corrected chi connectivity index (χ3v) is 3.60. The SMILES string of the molecule is CC[C@@H](O)c1ccc(N2CC=C(C(F)(F)F)CC2)cc1. The number of rotatable bonds is 3. The minimum Gasteiger partial charge on any atom is -0.388 e. The van der Waals surface area contributed by atoms with E-state index in [0.29, 0.717) is 13.0 Å². The number of alkyl halides is 3. The summed E-state index contributed by atoms with van der Waals surface area (Å²) in [6.45, 7) is 2.53. The first-order valence-electron chi connectivity index (χ1n) is 6.71. The highest BCUT2D eigenvalue weighted by Crippen LogP contribution is 2.31. The van der Waals surface area contributed by atoms with Gasteiger partial charge in [0.1, 0.15) is 0 Å². The molecule has 0 saturated carbocycles. The lowest BCUT2D eigenvalue weighted by Gasteiger charge is -2.29. The van der Waals surface area contributed by atoms with Crippen LogP contribution in [0.15, 0.2) is 35.9 Å². The molecule has 2 nitrogen and oxygen atoms in total. The Morgan fingerprint density at radius 2 is 1.90 bits per heavy atom. The Balaban J connectivity index is 2.06. The zero-order chi connectivity index (χ0) is 14.8. The smallest absolute Gasteiger partial charge is 0.388 e. The zero-order valence-electron chi connectivity index (χ0n) is 11.3. The molecular formula is C15H18F3NO. The van der Waals surface area contributed by atoms with Crippen LogP contribution in [0.2, 0.25) is 0 Å². The van der Waals surface area contributed by atoms with Crippen molar-refractivity contribution in [3.63, 3.8) is 0 Å². The van der Waals surface area contributed by atoms with Gasteiger partial charge in [0, 0.05) is 24.4 Å². The molecule has 0 fully saturated rings. The monoisotopic (exact) mass is 285 g/mol. The van der Waals surface area contributed by atoms with Crippen molar-refractivity contribution in [2.24, 2.45) is 0 Å². The lowest BCUT2D eigenvalue weighted by atomic mass is 10.0. The fraction of sp³-hybridized carbons (Fsp3) is 0.467. The van der Waals surface area contributed by atoms with Crippen molar-refractivity contribution in [3.8, 4) is 0 Å². The molecule has 2 rings (SSSR count). The summed E-state index contributed by atoms with van der Waals surface area (Å²) < 4.78 is 37.6. The Morgan fingerprint density at radius 1 is 1.25 bits per heavy atom. The van der Waals surface area contributed by atoms with Crippen LogP contribution >= 0.6 is 0 Å². The van der Waals surface area contributed by atoms with E-state index in [4.69, 9.17) is 0 Å². The molecule has 1 aromatic rings. The molecular weight excluding hydrogens is 267 g/mol. The predicted octanol–water partition coefficient (Wildman–Crippen LogP) is 3.83. The van der Waals surface area contributed by atoms with Crippen LogP contribution < -0.4 is 4.90 Å². The van der Waals surface area contributed by atoms with Gasteiger partial charge in [-0.25, -0.2) is 0 Å². The van der Waals surface area contributed by atoms with Gasteiger partial charge in [-0.3, -0.25) is 0 Å². The van der Waals surface area contributed by atoms with E-state index in [0.717, 1.165) is 11.3 Å². The van der Waals surface area contributed by atoms with Crippen LogP contribution in [-0.4, -0.2) is 24.4 Å². The lowest BCUT2D eigenvalue weighted by molar-refractivity contribution is -0.0943. The molecule has 1 aliphatic heterocycles. The topological polar surface area (TPSA) is 23.5 Å². The van der Waals surface area contributed by atoms with Gasteiger partial charge < -0.3 is 10.0 Å². The third kappa shape index (κ3) is 3.33. The maximum atomic E-state index is 12.5. The highest BCUT2D eigenvalue weighted by atomic mass is 19.4. The first-order chi connectivity index (χ1) is 9.41. The van der Waals surface area contributed by atoms with Crippen LogP contribution in [0.25, 0.3) is 0 Å². The Hall–Kier alpha value is -1.49. The van der Waals surface area contributed by atoms with Crippen molar-refractivity contribution in [2.45, 2.75) is 32.0 Å². The van der Waals surface area contributed by atoms with E-state index >= 15 is 0 Å². The van der Waals surface area contributed by atoms with E-state index < -0.39 is 17.9 Å². The summed E-state index contributed by atoms with van der Waals surface area (Å²) in [5, 5.41) is 9.71. The van der Waals surface area contributed by atoms with Crippen molar-refractivity contribution in [2.75, 3.05) is 18.0 Å². The standard InChI is InChI=1S/C15H18F3NO/c1-2-14(20)11-3-5-13(6-4-11)19-9-7-12(8-10-19)15(16,17)18/h3-7,14,20H,2,8-10H2,1H3/t14-/m1/s1. The van der Waals surface area contributed by atoms with E-state index in [1.165, 1.54) is 6.08 Å². The number of hydrogen-bond acceptors (Lipinski definition) is 2. The molecule has 1 atom stereocenters. The summed E-state index contributed by atoms with van der Waals surface area (Å²) in [7, 11) is 0. The second-order valence-electron chi connectivity index (χ2n) is 4.94. The summed E-state index contributed by atoms with van der Waals surface area (Å²) in [4.78, 5) is 1.90. The van der Waals surface area contributed by atoms with Gasteiger partial charge in [-0.2, -0.15) is 13.2 Å². The molecule has 1 aromatic carbocycles. The van der Waals surface area contributed by atoms with Gasteiger partial charge in [-0.15, -0.1) is 0 Å². The highest BCUT2D eigenvalue weighted by molar-refractivity contribution is 5.49. The largest absolute Gasteiger partial charge is 0.412 e. The van der Waals surface area contributed by atoms with E-state index in [2.05, 4.69) is 0 Å². The zero-order valence-corrected chi connectivity index (χ0v) is 11.3. The van der Waals surface area contributed by atoms with Crippen molar-refractivity contribution < 1.29 is 18.3 Å². The summed E-state index contributed by atoms with van der Waals surface area (Å²) >= 11 is 0. The molecule has 0 aromatic heterocycles. The second kappa shape index (κ2) is 5.87. The summed E-state index contributed by atoms with van der Waals surface area (Å²) in [5.41, 5.74) is 1.28. The fourth-order valence-electron chi connectivity index (χ4n) is 2.30. The second-order valence-corrected chi connectivity index (χ2v) is 4.94. The van der Waals surface area contributed by atoms with Crippen LogP contribution in [0.4, 0.5) is 18.9 Å². The van der Waals surface area contributed by atoms with E-state index in [9.17, 15) is 18.3 Å². The molecule has 0 spiro atoms. The number of hydrogen-bond donors (Lipinski definition) is 1. The fourth-order valence-corrected chi connectivity index (χ4v) is 2.30. The number of nitrogens with zero attached hydrogens (tertiary/aromatic N) is 1. The molecule has 5 heteroatoms. The number of aliphatic hydroxyl groups is 1. The van der Waals surface area contributed by atoms with Crippen molar-refractivity contribution >= 4 is 5.69 Å². The van der Waals surface area contributed by atoms with E-state index in [1.54, 1.807) is 0 Å². The molecule has 0 saturated heterocycles. The predicted molar refractivity (Wildman–Crippen MR) is 72.7 cm³/mol. The molecule has 1 aliphatic rings. The van der Waals surface area contributed by atoms with Gasteiger partial charge in [0.25, 0.3) is 0 Å². The van der Waals surface area contributed by atoms with Gasteiger partial charge in [0.05, 0.1) is 6.10 Å². The molecule has 0 aliphatic carbocycles. The Kier molecular flexibility index (Phi) is 4.38. The van der Waals surface area contributed by atoms with Gasteiger partial charge >= 0.3 is 6.18 Å². The van der Waals surface area contributed by atoms with Gasteiger partial charge in [-0.1, -0.05) is 25.1 Å². The van der Waals surface area contributed by atoms with Crippen LogP contribution in [0.5, 0.6) is 0 Å². The number of aliphatic hydroxyl groups excluding tert-OH is 1. The van der Waals surface area contributed by atoms with Crippen LogP contribution in [0, 0.1) is 0 Å². The summed E-state index contributed by atoms with van der Waals surface area (Å²) in [5.74, 6) is 0. The normalized spacial score (nSPS) is 17.9.